The van der Waals surface area contributed by atoms with Gasteiger partial charge in [0.2, 0.25) is 5.95 Å². The summed E-state index contributed by atoms with van der Waals surface area (Å²) in [4.78, 5) is 28.6. The SMILES string of the molecule is C=CC(=O)Cc1ccccc1Nc1nc(Nc2ccc3c(c2)OCCOCCOCCO3)nc2nc[nH]c12. The van der Waals surface area contributed by atoms with Gasteiger partial charge in [0.15, 0.2) is 28.7 Å². The average molecular weight is 517 g/mol. The number of benzene rings is 2. The van der Waals surface area contributed by atoms with Crippen molar-refractivity contribution in [2.45, 2.75) is 6.42 Å². The van der Waals surface area contributed by atoms with Crippen LogP contribution in [-0.2, 0) is 20.7 Å². The maximum Gasteiger partial charge on any atom is 0.231 e. The third kappa shape index (κ3) is 6.25. The number of allylic oxidation sites excluding steroid dienone is 1. The molecule has 0 unspecified atom stereocenters. The lowest BCUT2D eigenvalue weighted by atomic mass is 10.1. The Morgan fingerprint density at radius 2 is 1.71 bits per heavy atom. The van der Waals surface area contributed by atoms with Crippen molar-refractivity contribution < 1.29 is 23.7 Å². The van der Waals surface area contributed by atoms with E-state index in [1.165, 1.54) is 6.08 Å². The molecule has 4 aromatic rings. The molecule has 0 saturated carbocycles. The molecule has 1 aliphatic rings. The summed E-state index contributed by atoms with van der Waals surface area (Å²) in [5, 5.41) is 6.56. The Bertz CT molecular complexity index is 1420. The van der Waals surface area contributed by atoms with Crippen molar-refractivity contribution in [1.82, 2.24) is 19.9 Å². The number of imidazole rings is 1. The molecule has 0 radical (unpaired) electrons. The molecule has 0 amide bonds. The van der Waals surface area contributed by atoms with Gasteiger partial charge in [-0.05, 0) is 29.8 Å². The number of ketones is 1. The Balaban J connectivity index is 1.40. The average Bonchev–Trinajstić information content (AvgIpc) is 3.39. The first kappa shape index (κ1) is 25.2. The molecule has 11 nitrogen and oxygen atoms in total. The number of para-hydroxylation sites is 1. The number of nitrogens with zero attached hydrogens (tertiary/aromatic N) is 3. The van der Waals surface area contributed by atoms with E-state index in [-0.39, 0.29) is 12.2 Å². The van der Waals surface area contributed by atoms with E-state index in [1.807, 2.05) is 42.5 Å². The van der Waals surface area contributed by atoms with Gasteiger partial charge in [-0.25, -0.2) is 4.98 Å². The molecule has 11 heteroatoms. The summed E-state index contributed by atoms with van der Waals surface area (Å²) in [7, 11) is 0. The number of carbonyl (C=O) groups excluding carboxylic acids is 1. The van der Waals surface area contributed by atoms with Crippen molar-refractivity contribution >= 4 is 40.1 Å². The van der Waals surface area contributed by atoms with Crippen LogP contribution in [0.25, 0.3) is 11.2 Å². The first-order valence-corrected chi connectivity index (χ1v) is 12.2. The topological polar surface area (TPSA) is 133 Å². The smallest absolute Gasteiger partial charge is 0.231 e. The highest BCUT2D eigenvalue weighted by Crippen LogP contribution is 2.32. The van der Waals surface area contributed by atoms with Crippen LogP contribution in [0.3, 0.4) is 0 Å². The van der Waals surface area contributed by atoms with Gasteiger partial charge in [0, 0.05) is 23.9 Å². The van der Waals surface area contributed by atoms with Crippen LogP contribution in [0.15, 0.2) is 61.4 Å². The maximum absolute atomic E-state index is 12.0. The number of aromatic nitrogens is 4. The van der Waals surface area contributed by atoms with E-state index in [4.69, 9.17) is 18.9 Å². The Labute approximate surface area is 219 Å². The van der Waals surface area contributed by atoms with Crippen LogP contribution >= 0.6 is 0 Å². The number of H-pyrrole nitrogens is 1. The number of hydrogen-bond donors (Lipinski definition) is 3. The van der Waals surface area contributed by atoms with Crippen molar-refractivity contribution in [3.63, 3.8) is 0 Å². The van der Waals surface area contributed by atoms with E-state index in [0.717, 1.165) is 11.3 Å². The number of ether oxygens (including phenoxy) is 4. The fourth-order valence-electron chi connectivity index (χ4n) is 3.85. The van der Waals surface area contributed by atoms with Crippen LogP contribution in [0.2, 0.25) is 0 Å². The molecule has 0 atom stereocenters. The summed E-state index contributed by atoms with van der Waals surface area (Å²) in [5.74, 6) is 1.95. The highest BCUT2D eigenvalue weighted by atomic mass is 16.6. The van der Waals surface area contributed by atoms with Gasteiger partial charge in [-0.2, -0.15) is 9.97 Å². The second-order valence-electron chi connectivity index (χ2n) is 8.33. The quantitative estimate of drug-likeness (QED) is 0.310. The summed E-state index contributed by atoms with van der Waals surface area (Å²) >= 11 is 0. The van der Waals surface area contributed by atoms with Crippen molar-refractivity contribution in [3.8, 4) is 11.5 Å². The van der Waals surface area contributed by atoms with Gasteiger partial charge in [0.05, 0.1) is 32.8 Å². The summed E-state index contributed by atoms with van der Waals surface area (Å²) in [5.41, 5.74) is 3.39. The van der Waals surface area contributed by atoms with Gasteiger partial charge in [-0.1, -0.05) is 24.8 Å². The normalized spacial score (nSPS) is 14.2. The summed E-state index contributed by atoms with van der Waals surface area (Å²) in [6.07, 6.45) is 3.10. The van der Waals surface area contributed by atoms with E-state index in [1.54, 1.807) is 6.33 Å². The fraction of sp³-hybridized carbons (Fsp3) is 0.259. The predicted molar refractivity (Wildman–Crippen MR) is 143 cm³/mol. The molecule has 196 valence electrons. The molecule has 5 rings (SSSR count). The molecule has 0 fully saturated rings. The van der Waals surface area contributed by atoms with E-state index < -0.39 is 0 Å². The molecule has 3 N–H and O–H groups in total. The standard InChI is InChI=1S/C27H28N6O5/c1-2-20(34)15-18-5-3-4-6-21(18)31-26-24-25(29-17-28-24)32-27(33-26)30-19-7-8-22-23(16-19)38-14-12-36-10-9-35-11-13-37-22/h2-8,16-17H,1,9-15H2,(H3,28,29,30,31,32,33). The minimum absolute atomic E-state index is 0.0716. The van der Waals surface area contributed by atoms with Crippen LogP contribution in [-0.4, -0.2) is 65.4 Å². The van der Waals surface area contributed by atoms with E-state index in [0.29, 0.717) is 79.8 Å². The Kier molecular flexibility index (Phi) is 8.07. The van der Waals surface area contributed by atoms with Gasteiger partial charge in [0.1, 0.15) is 18.7 Å². The van der Waals surface area contributed by atoms with E-state index in [9.17, 15) is 4.79 Å². The number of aromatic amines is 1. The highest BCUT2D eigenvalue weighted by molar-refractivity contribution is 5.93. The van der Waals surface area contributed by atoms with Crippen LogP contribution in [0, 0.1) is 0 Å². The highest BCUT2D eigenvalue weighted by Gasteiger charge is 2.14. The molecule has 3 heterocycles. The van der Waals surface area contributed by atoms with Crippen LogP contribution in [0.1, 0.15) is 5.56 Å². The number of rotatable bonds is 7. The lowest BCUT2D eigenvalue weighted by molar-refractivity contribution is -0.114. The molecule has 2 aromatic heterocycles. The number of nitrogens with one attached hydrogen (secondary N) is 3. The summed E-state index contributed by atoms with van der Waals surface area (Å²) in [6, 6.07) is 13.0. The molecular formula is C27H28N6O5. The molecule has 0 aliphatic carbocycles. The van der Waals surface area contributed by atoms with Gasteiger partial charge in [-0.15, -0.1) is 0 Å². The Morgan fingerprint density at radius 3 is 2.53 bits per heavy atom. The van der Waals surface area contributed by atoms with E-state index in [2.05, 4.69) is 37.1 Å². The number of anilines is 4. The second kappa shape index (κ2) is 12.2. The zero-order chi connectivity index (χ0) is 26.2. The van der Waals surface area contributed by atoms with Gasteiger partial charge in [0.25, 0.3) is 0 Å². The molecule has 1 aliphatic heterocycles. The summed E-state index contributed by atoms with van der Waals surface area (Å²) < 4.78 is 22.8. The first-order valence-electron chi connectivity index (χ1n) is 12.2. The van der Waals surface area contributed by atoms with Gasteiger partial charge < -0.3 is 34.6 Å². The van der Waals surface area contributed by atoms with E-state index >= 15 is 0 Å². The monoisotopic (exact) mass is 516 g/mol. The van der Waals surface area contributed by atoms with Gasteiger partial charge in [-0.3, -0.25) is 4.79 Å². The number of fused-ring (bicyclic) bond motifs is 2. The second-order valence-corrected chi connectivity index (χ2v) is 8.33. The third-order valence-corrected chi connectivity index (χ3v) is 5.69. The molecule has 0 bridgehead atoms. The molecule has 2 aromatic carbocycles. The Hall–Kier alpha value is -4.48. The van der Waals surface area contributed by atoms with Crippen LogP contribution in [0.5, 0.6) is 11.5 Å². The van der Waals surface area contributed by atoms with Crippen molar-refractivity contribution in [2.24, 2.45) is 0 Å². The molecule has 38 heavy (non-hydrogen) atoms. The first-order chi connectivity index (χ1) is 18.7. The minimum atomic E-state index is -0.0716. The van der Waals surface area contributed by atoms with Crippen molar-refractivity contribution in [3.05, 3.63) is 67.0 Å². The zero-order valence-electron chi connectivity index (χ0n) is 20.7. The van der Waals surface area contributed by atoms with Crippen LogP contribution < -0.4 is 20.1 Å². The van der Waals surface area contributed by atoms with Crippen molar-refractivity contribution in [2.75, 3.05) is 50.3 Å². The van der Waals surface area contributed by atoms with Gasteiger partial charge >= 0.3 is 0 Å². The lowest BCUT2D eigenvalue weighted by Gasteiger charge is -2.16. The number of hydrogen-bond acceptors (Lipinski definition) is 10. The minimum Gasteiger partial charge on any atom is -0.487 e. The zero-order valence-corrected chi connectivity index (χ0v) is 20.7. The largest absolute Gasteiger partial charge is 0.487 e. The van der Waals surface area contributed by atoms with Crippen molar-refractivity contribution in [1.29, 1.82) is 0 Å². The molecular weight excluding hydrogens is 488 g/mol. The molecule has 0 spiro atoms. The fourth-order valence-corrected chi connectivity index (χ4v) is 3.85. The van der Waals surface area contributed by atoms with Crippen LogP contribution in [0.4, 0.5) is 23.1 Å². The predicted octanol–water partition coefficient (Wildman–Crippen LogP) is 3.94. The summed E-state index contributed by atoms with van der Waals surface area (Å²) in [6.45, 7) is 6.27. The molecule has 0 saturated heterocycles. The maximum atomic E-state index is 12.0. The third-order valence-electron chi connectivity index (χ3n) is 5.69. The Morgan fingerprint density at radius 1 is 0.947 bits per heavy atom. The number of carbonyl (C=O) groups is 1. The lowest BCUT2D eigenvalue weighted by Crippen LogP contribution is -2.15.